The van der Waals surface area contributed by atoms with Crippen molar-refractivity contribution < 1.29 is 0 Å². The van der Waals surface area contributed by atoms with Crippen LogP contribution >= 0.6 is 0 Å². The summed E-state index contributed by atoms with van der Waals surface area (Å²) in [6.45, 7) is 10.2. The van der Waals surface area contributed by atoms with E-state index in [9.17, 15) is 0 Å². The second-order valence-corrected chi connectivity index (χ2v) is 3.76. The largest absolute Gasteiger partial charge is 0.287 e. The molecule has 0 fully saturated rings. The van der Waals surface area contributed by atoms with Crippen LogP contribution in [0.25, 0.3) is 0 Å². The molecule has 0 saturated heterocycles. The summed E-state index contributed by atoms with van der Waals surface area (Å²) in [6, 6.07) is 0. The van der Waals surface area contributed by atoms with E-state index in [0.717, 1.165) is 0 Å². The standard InChI is InChI=1S/C10H17N/c1-9(2)7-6-8-11-10(3,4)5/h6,8H,1-5H3. The smallest absolute Gasteiger partial charge is 0.0524 e. The molecule has 0 spiro atoms. The summed E-state index contributed by atoms with van der Waals surface area (Å²) in [5.41, 5.74) is 4.26. The maximum absolute atomic E-state index is 4.27. The molecule has 1 heteroatoms. The van der Waals surface area contributed by atoms with E-state index in [1.54, 1.807) is 6.21 Å². The van der Waals surface area contributed by atoms with Gasteiger partial charge in [0.2, 0.25) is 0 Å². The van der Waals surface area contributed by atoms with Gasteiger partial charge in [0, 0.05) is 6.21 Å². The quantitative estimate of drug-likeness (QED) is 0.403. The van der Waals surface area contributed by atoms with Crippen LogP contribution in [0, 0.1) is 0 Å². The van der Waals surface area contributed by atoms with Crippen molar-refractivity contribution in [3.05, 3.63) is 17.4 Å². The van der Waals surface area contributed by atoms with E-state index in [1.165, 1.54) is 5.57 Å². The number of allylic oxidation sites excluding steroid dienone is 1. The molecule has 0 atom stereocenters. The second kappa shape index (κ2) is 4.15. The Labute approximate surface area is 69.5 Å². The summed E-state index contributed by atoms with van der Waals surface area (Å²) in [7, 11) is 0. The van der Waals surface area contributed by atoms with Crippen molar-refractivity contribution in [1.29, 1.82) is 0 Å². The Hall–Kier alpha value is -0.810. The lowest BCUT2D eigenvalue weighted by Crippen LogP contribution is -2.08. The van der Waals surface area contributed by atoms with Crippen LogP contribution in [0.2, 0.25) is 0 Å². The van der Waals surface area contributed by atoms with Crippen molar-refractivity contribution in [2.24, 2.45) is 4.99 Å². The third kappa shape index (κ3) is 9.19. The van der Waals surface area contributed by atoms with E-state index in [4.69, 9.17) is 0 Å². The van der Waals surface area contributed by atoms with Crippen LogP contribution < -0.4 is 0 Å². The van der Waals surface area contributed by atoms with E-state index in [0.29, 0.717) is 0 Å². The van der Waals surface area contributed by atoms with Crippen LogP contribution in [0.1, 0.15) is 34.6 Å². The van der Waals surface area contributed by atoms with Gasteiger partial charge in [0.25, 0.3) is 0 Å². The normalized spacial score (nSPS) is 11.4. The van der Waals surface area contributed by atoms with E-state index in [-0.39, 0.29) is 5.54 Å². The van der Waals surface area contributed by atoms with E-state index in [1.807, 2.05) is 19.9 Å². The number of hydrogen-bond donors (Lipinski definition) is 0. The molecule has 11 heavy (non-hydrogen) atoms. The molecule has 0 radical (unpaired) electrons. The zero-order valence-corrected chi connectivity index (χ0v) is 8.10. The molecule has 0 aromatic carbocycles. The zero-order chi connectivity index (χ0) is 8.91. The number of nitrogens with zero attached hydrogens (tertiary/aromatic N) is 1. The van der Waals surface area contributed by atoms with Crippen LogP contribution in [-0.4, -0.2) is 11.8 Å². The predicted molar refractivity (Wildman–Crippen MR) is 51.2 cm³/mol. The SMILES string of the molecule is CC(C)=C=CC=NC(C)(C)C. The van der Waals surface area contributed by atoms with Gasteiger partial charge in [-0.15, -0.1) is 5.73 Å². The van der Waals surface area contributed by atoms with E-state index in [2.05, 4.69) is 31.5 Å². The molecule has 1 nitrogen and oxygen atoms in total. The van der Waals surface area contributed by atoms with Gasteiger partial charge in [-0.05, 0) is 46.3 Å². The highest BCUT2D eigenvalue weighted by Gasteiger charge is 2.02. The molecule has 0 amide bonds. The molecule has 0 heterocycles. The molecular weight excluding hydrogens is 134 g/mol. The lowest BCUT2D eigenvalue weighted by Gasteiger charge is -2.09. The number of aliphatic imine (C=N–C) groups is 1. The lowest BCUT2D eigenvalue weighted by molar-refractivity contribution is 0.587. The molecule has 0 saturated carbocycles. The summed E-state index contributed by atoms with van der Waals surface area (Å²) in [4.78, 5) is 4.27. The van der Waals surface area contributed by atoms with Crippen LogP contribution in [0.4, 0.5) is 0 Å². The lowest BCUT2D eigenvalue weighted by atomic mass is 10.1. The maximum atomic E-state index is 4.27. The minimum atomic E-state index is 0.0276. The van der Waals surface area contributed by atoms with Crippen molar-refractivity contribution in [3.63, 3.8) is 0 Å². The van der Waals surface area contributed by atoms with Crippen molar-refractivity contribution >= 4 is 6.21 Å². The molecule has 0 aliphatic carbocycles. The van der Waals surface area contributed by atoms with Crippen LogP contribution in [0.15, 0.2) is 22.4 Å². The maximum Gasteiger partial charge on any atom is 0.0524 e. The fourth-order valence-electron chi connectivity index (χ4n) is 0.465. The molecule has 0 aliphatic rings. The van der Waals surface area contributed by atoms with Gasteiger partial charge >= 0.3 is 0 Å². The van der Waals surface area contributed by atoms with Gasteiger partial charge in [0.05, 0.1) is 5.54 Å². The van der Waals surface area contributed by atoms with Crippen LogP contribution in [0.5, 0.6) is 0 Å². The Morgan fingerprint density at radius 1 is 1.27 bits per heavy atom. The van der Waals surface area contributed by atoms with E-state index >= 15 is 0 Å². The Bertz CT molecular complexity index is 193. The molecule has 0 aromatic heterocycles. The molecule has 0 aromatic rings. The van der Waals surface area contributed by atoms with Gasteiger partial charge in [-0.3, -0.25) is 4.99 Å². The summed E-state index contributed by atoms with van der Waals surface area (Å²) in [5, 5.41) is 0. The van der Waals surface area contributed by atoms with Gasteiger partial charge < -0.3 is 0 Å². The van der Waals surface area contributed by atoms with Gasteiger partial charge in [-0.1, -0.05) is 0 Å². The predicted octanol–water partition coefficient (Wildman–Crippen LogP) is 2.98. The van der Waals surface area contributed by atoms with Crippen molar-refractivity contribution in [1.82, 2.24) is 0 Å². The van der Waals surface area contributed by atoms with Crippen molar-refractivity contribution in [2.75, 3.05) is 0 Å². The molecule has 0 N–H and O–H groups in total. The van der Waals surface area contributed by atoms with Gasteiger partial charge in [-0.25, -0.2) is 0 Å². The first-order chi connectivity index (χ1) is 4.92. The Kier molecular flexibility index (Phi) is 3.84. The first kappa shape index (κ1) is 10.2. The number of hydrogen-bond acceptors (Lipinski definition) is 1. The molecule has 62 valence electrons. The van der Waals surface area contributed by atoms with Crippen molar-refractivity contribution in [2.45, 2.75) is 40.2 Å². The molecular formula is C10H17N. The monoisotopic (exact) mass is 151 g/mol. The minimum Gasteiger partial charge on any atom is -0.287 e. The zero-order valence-electron chi connectivity index (χ0n) is 8.10. The highest BCUT2D eigenvalue weighted by molar-refractivity contribution is 5.71. The number of rotatable bonds is 1. The highest BCUT2D eigenvalue weighted by Crippen LogP contribution is 2.04. The van der Waals surface area contributed by atoms with Gasteiger partial charge in [-0.2, -0.15) is 0 Å². The summed E-state index contributed by atoms with van der Waals surface area (Å²) in [5.74, 6) is 0. The first-order valence-corrected chi connectivity index (χ1v) is 3.85. The third-order valence-electron chi connectivity index (χ3n) is 0.908. The summed E-state index contributed by atoms with van der Waals surface area (Å²) >= 11 is 0. The average molecular weight is 151 g/mol. The van der Waals surface area contributed by atoms with E-state index < -0.39 is 0 Å². The molecule has 0 rings (SSSR count). The van der Waals surface area contributed by atoms with Crippen LogP contribution in [0.3, 0.4) is 0 Å². The highest BCUT2D eigenvalue weighted by atomic mass is 14.8. The summed E-state index contributed by atoms with van der Waals surface area (Å²) in [6.07, 6.45) is 3.65. The molecule has 0 bridgehead atoms. The van der Waals surface area contributed by atoms with Gasteiger partial charge in [0.1, 0.15) is 0 Å². The van der Waals surface area contributed by atoms with Gasteiger partial charge in [0.15, 0.2) is 0 Å². The topological polar surface area (TPSA) is 12.4 Å². The minimum absolute atomic E-state index is 0.0276. The Morgan fingerprint density at radius 2 is 1.82 bits per heavy atom. The van der Waals surface area contributed by atoms with Crippen molar-refractivity contribution in [3.8, 4) is 0 Å². The Morgan fingerprint density at radius 3 is 2.18 bits per heavy atom. The fourth-order valence-corrected chi connectivity index (χ4v) is 0.465. The molecule has 0 unspecified atom stereocenters. The Balaban J connectivity index is 4.09. The third-order valence-corrected chi connectivity index (χ3v) is 0.908. The first-order valence-electron chi connectivity index (χ1n) is 3.85. The molecule has 0 aliphatic heterocycles. The fraction of sp³-hybridized carbons (Fsp3) is 0.600. The van der Waals surface area contributed by atoms with Crippen LogP contribution in [-0.2, 0) is 0 Å². The second-order valence-electron chi connectivity index (χ2n) is 3.76. The summed E-state index contributed by atoms with van der Waals surface area (Å²) < 4.78 is 0. The average Bonchev–Trinajstić information content (AvgIpc) is 1.78.